The molecule has 2 aromatic carbocycles. The fourth-order valence-corrected chi connectivity index (χ4v) is 3.40. The summed E-state index contributed by atoms with van der Waals surface area (Å²) < 4.78 is 18.6. The summed E-state index contributed by atoms with van der Waals surface area (Å²) in [5.41, 5.74) is -0.380. The van der Waals surface area contributed by atoms with Crippen LogP contribution in [0.2, 0.25) is 0 Å². The van der Waals surface area contributed by atoms with Gasteiger partial charge >= 0.3 is 0 Å². The third kappa shape index (κ3) is 3.67. The van der Waals surface area contributed by atoms with Crippen LogP contribution in [0.3, 0.4) is 0 Å². The third-order valence-corrected chi connectivity index (χ3v) is 4.84. The zero-order valence-corrected chi connectivity index (χ0v) is 15.2. The molecule has 0 spiro atoms. The number of halogens is 1. The number of thioether (sulfide) groups is 1. The first kappa shape index (κ1) is 19.4. The number of methoxy groups -OCH3 is 1. The Hall–Kier alpha value is -3.40. The van der Waals surface area contributed by atoms with Crippen molar-refractivity contribution in [3.63, 3.8) is 0 Å². The van der Waals surface area contributed by atoms with Gasteiger partial charge in [-0.3, -0.25) is 24.6 Å². The topological polar surface area (TPSA) is 113 Å². The summed E-state index contributed by atoms with van der Waals surface area (Å²) >= 11 is 0.621. The van der Waals surface area contributed by atoms with Crippen molar-refractivity contribution in [2.75, 3.05) is 7.11 Å². The van der Waals surface area contributed by atoms with Crippen molar-refractivity contribution in [3.05, 3.63) is 68.4 Å². The van der Waals surface area contributed by atoms with Gasteiger partial charge in [0.15, 0.2) is 0 Å². The van der Waals surface area contributed by atoms with Crippen molar-refractivity contribution >= 4 is 34.7 Å². The van der Waals surface area contributed by atoms with Crippen LogP contribution in [0.25, 0.3) is 6.08 Å². The van der Waals surface area contributed by atoms with Crippen LogP contribution in [-0.2, 0) is 11.3 Å². The molecule has 0 bridgehead atoms. The Morgan fingerprint density at radius 1 is 1.29 bits per heavy atom. The second-order valence-electron chi connectivity index (χ2n) is 5.69. The highest BCUT2D eigenvalue weighted by molar-refractivity contribution is 8.18. The summed E-state index contributed by atoms with van der Waals surface area (Å²) in [5.74, 6) is -2.36. The highest BCUT2D eigenvalue weighted by Gasteiger charge is 2.35. The number of amides is 2. The van der Waals surface area contributed by atoms with Crippen LogP contribution in [0, 0.1) is 15.9 Å². The first-order chi connectivity index (χ1) is 13.3. The molecule has 0 radical (unpaired) electrons. The maximum atomic E-state index is 13.8. The molecule has 2 amide bonds. The van der Waals surface area contributed by atoms with Crippen LogP contribution in [0.15, 0.2) is 41.3 Å². The van der Waals surface area contributed by atoms with E-state index in [9.17, 15) is 29.2 Å². The van der Waals surface area contributed by atoms with E-state index in [1.54, 1.807) is 6.07 Å². The lowest BCUT2D eigenvalue weighted by Gasteiger charge is -2.14. The first-order valence-corrected chi connectivity index (χ1v) is 8.65. The van der Waals surface area contributed by atoms with Gasteiger partial charge in [0.2, 0.25) is 0 Å². The van der Waals surface area contributed by atoms with Crippen molar-refractivity contribution in [1.82, 2.24) is 4.90 Å². The molecule has 28 heavy (non-hydrogen) atoms. The van der Waals surface area contributed by atoms with E-state index in [0.717, 1.165) is 11.0 Å². The molecule has 144 valence electrons. The van der Waals surface area contributed by atoms with Crippen LogP contribution < -0.4 is 9.84 Å². The zero-order valence-electron chi connectivity index (χ0n) is 14.4. The number of nitro benzene ring substituents is 1. The van der Waals surface area contributed by atoms with Crippen molar-refractivity contribution < 1.29 is 28.7 Å². The van der Waals surface area contributed by atoms with Crippen LogP contribution >= 0.6 is 11.8 Å². The molecule has 1 aliphatic rings. The van der Waals surface area contributed by atoms with Gasteiger partial charge in [0, 0.05) is 17.4 Å². The van der Waals surface area contributed by atoms with E-state index in [0.29, 0.717) is 11.8 Å². The van der Waals surface area contributed by atoms with E-state index < -0.39 is 33.3 Å². The molecule has 1 aliphatic heterocycles. The number of imide groups is 1. The van der Waals surface area contributed by atoms with E-state index in [1.165, 1.54) is 37.5 Å². The predicted octanol–water partition coefficient (Wildman–Crippen LogP) is 3.05. The molecule has 10 heteroatoms. The Bertz CT molecular complexity index is 1020. The molecular weight excluding hydrogens is 391 g/mol. The summed E-state index contributed by atoms with van der Waals surface area (Å²) in [5, 5.41) is 22.3. The van der Waals surface area contributed by atoms with Crippen molar-refractivity contribution in [2.24, 2.45) is 0 Å². The number of hydrogen-bond donors (Lipinski definition) is 0. The van der Waals surface area contributed by atoms with Crippen LogP contribution in [0.5, 0.6) is 11.5 Å². The van der Waals surface area contributed by atoms with Crippen LogP contribution in [-0.4, -0.2) is 28.1 Å². The largest absolute Gasteiger partial charge is 0.865 e. The molecule has 0 aromatic heterocycles. The molecule has 0 aliphatic carbocycles. The number of ether oxygens (including phenoxy) is 1. The second-order valence-corrected chi connectivity index (χ2v) is 6.68. The molecule has 0 atom stereocenters. The molecular formula is C18H12FN2O6S-. The SMILES string of the molecule is COc1cc(/C=C2/SC(=O)N(Cc3ccccc3F)C2=O)cc([N+](=O)[O-])c1[O-]. The van der Waals surface area contributed by atoms with Crippen molar-refractivity contribution in [1.29, 1.82) is 0 Å². The van der Waals surface area contributed by atoms with Gasteiger partial charge in [-0.2, -0.15) is 0 Å². The maximum absolute atomic E-state index is 13.8. The molecule has 2 aromatic rings. The average molecular weight is 403 g/mol. The fraction of sp³-hybridized carbons (Fsp3) is 0.111. The summed E-state index contributed by atoms with van der Waals surface area (Å²) in [4.78, 5) is 35.8. The van der Waals surface area contributed by atoms with E-state index in [2.05, 4.69) is 0 Å². The van der Waals surface area contributed by atoms with E-state index in [1.807, 2.05) is 0 Å². The monoisotopic (exact) mass is 403 g/mol. The Labute approximate surface area is 162 Å². The smallest absolute Gasteiger partial charge is 0.293 e. The molecule has 0 saturated carbocycles. The lowest BCUT2D eigenvalue weighted by molar-refractivity contribution is -0.398. The minimum absolute atomic E-state index is 0.00339. The van der Waals surface area contributed by atoms with E-state index in [4.69, 9.17) is 4.74 Å². The Balaban J connectivity index is 1.93. The Morgan fingerprint density at radius 3 is 2.64 bits per heavy atom. The number of carbonyl (C=O) groups excluding carboxylic acids is 2. The quantitative estimate of drug-likeness (QED) is 0.428. The first-order valence-electron chi connectivity index (χ1n) is 7.84. The van der Waals surface area contributed by atoms with Crippen molar-refractivity contribution in [3.8, 4) is 11.5 Å². The summed E-state index contributed by atoms with van der Waals surface area (Å²) in [7, 11) is 1.19. The summed E-state index contributed by atoms with van der Waals surface area (Å²) in [6.07, 6.45) is 1.25. The van der Waals surface area contributed by atoms with Gasteiger partial charge < -0.3 is 9.84 Å². The lowest BCUT2D eigenvalue weighted by Crippen LogP contribution is -2.27. The highest BCUT2D eigenvalue weighted by Crippen LogP contribution is 2.38. The molecule has 1 saturated heterocycles. The Morgan fingerprint density at radius 2 is 2.00 bits per heavy atom. The van der Waals surface area contributed by atoms with Gasteiger partial charge in [-0.05, 0) is 35.5 Å². The number of nitrogens with zero attached hydrogens (tertiary/aromatic N) is 2. The van der Waals surface area contributed by atoms with Gasteiger partial charge in [-0.25, -0.2) is 4.39 Å². The van der Waals surface area contributed by atoms with E-state index in [-0.39, 0.29) is 28.3 Å². The molecule has 0 N–H and O–H groups in total. The van der Waals surface area contributed by atoms with Crippen molar-refractivity contribution in [2.45, 2.75) is 6.54 Å². The Kier molecular flexibility index (Phi) is 5.32. The number of nitro groups is 1. The van der Waals surface area contributed by atoms with Gasteiger partial charge in [-0.1, -0.05) is 18.2 Å². The number of benzene rings is 2. The molecule has 0 unspecified atom stereocenters. The number of rotatable bonds is 5. The number of hydrogen-bond acceptors (Lipinski definition) is 7. The second kappa shape index (κ2) is 7.69. The lowest BCUT2D eigenvalue weighted by atomic mass is 10.1. The zero-order chi connectivity index (χ0) is 20.4. The predicted molar refractivity (Wildman–Crippen MR) is 97.0 cm³/mol. The van der Waals surface area contributed by atoms with E-state index >= 15 is 0 Å². The minimum atomic E-state index is -0.891. The third-order valence-electron chi connectivity index (χ3n) is 3.93. The molecule has 1 heterocycles. The standard InChI is InChI=1S/C18H13FN2O6S/c1-27-14-7-10(6-13(16(14)22)21(25)26)8-15-17(23)20(18(24)28-15)9-11-4-2-3-5-12(11)19/h2-8,22H,9H2,1H3/p-1/b15-8+. The molecule has 1 fully saturated rings. The minimum Gasteiger partial charge on any atom is -0.865 e. The normalized spacial score (nSPS) is 15.4. The number of carbonyl (C=O) groups is 2. The van der Waals surface area contributed by atoms with Gasteiger partial charge in [-0.15, -0.1) is 0 Å². The average Bonchev–Trinajstić information content (AvgIpc) is 2.91. The van der Waals surface area contributed by atoms with Gasteiger partial charge in [0.1, 0.15) is 11.6 Å². The maximum Gasteiger partial charge on any atom is 0.293 e. The van der Waals surface area contributed by atoms with Gasteiger partial charge in [0.25, 0.3) is 16.8 Å². The molecule has 3 rings (SSSR count). The van der Waals surface area contributed by atoms with Crippen LogP contribution in [0.1, 0.15) is 11.1 Å². The highest BCUT2D eigenvalue weighted by atomic mass is 32.2. The molecule has 8 nitrogen and oxygen atoms in total. The summed E-state index contributed by atoms with van der Waals surface area (Å²) in [6, 6.07) is 8.00. The fourth-order valence-electron chi connectivity index (χ4n) is 2.56. The van der Waals surface area contributed by atoms with Gasteiger partial charge in [0.05, 0.1) is 23.5 Å². The summed E-state index contributed by atoms with van der Waals surface area (Å²) in [6.45, 7) is -0.238. The van der Waals surface area contributed by atoms with Crippen LogP contribution in [0.4, 0.5) is 14.9 Å².